The first-order chi connectivity index (χ1) is 12.5. The molecule has 1 spiro atoms. The third-order valence-corrected chi connectivity index (χ3v) is 4.88. The number of ether oxygens (including phenoxy) is 1. The summed E-state index contributed by atoms with van der Waals surface area (Å²) in [4.78, 5) is 32.9. The summed E-state index contributed by atoms with van der Waals surface area (Å²) in [5, 5.41) is 2.83. The zero-order valence-electron chi connectivity index (χ0n) is 15.4. The van der Waals surface area contributed by atoms with Crippen molar-refractivity contribution in [1.82, 2.24) is 15.1 Å². The van der Waals surface area contributed by atoms with Gasteiger partial charge in [-0.25, -0.2) is 4.99 Å². The van der Waals surface area contributed by atoms with Crippen LogP contribution in [0.15, 0.2) is 35.3 Å². The van der Waals surface area contributed by atoms with Gasteiger partial charge in [-0.05, 0) is 31.4 Å². The minimum Gasteiger partial charge on any atom is -0.494 e. The van der Waals surface area contributed by atoms with Gasteiger partial charge in [0.25, 0.3) is 5.91 Å². The van der Waals surface area contributed by atoms with E-state index < -0.39 is 5.54 Å². The second-order valence-corrected chi connectivity index (χ2v) is 6.96. The molecule has 0 atom stereocenters. The molecule has 0 saturated carbocycles. The molecule has 2 aliphatic rings. The van der Waals surface area contributed by atoms with Crippen LogP contribution in [0.5, 0.6) is 5.75 Å². The molecule has 7 heteroatoms. The molecule has 0 radical (unpaired) electrons. The number of carbonyl (C=O) groups is 2. The second-order valence-electron chi connectivity index (χ2n) is 6.96. The van der Waals surface area contributed by atoms with Crippen LogP contribution in [0.1, 0.15) is 25.7 Å². The van der Waals surface area contributed by atoms with E-state index in [1.807, 2.05) is 49.3 Å². The number of amides is 2. The first kappa shape index (κ1) is 18.2. The Morgan fingerprint density at radius 1 is 1.27 bits per heavy atom. The summed E-state index contributed by atoms with van der Waals surface area (Å²) in [5.74, 6) is 1.49. The lowest BCUT2D eigenvalue weighted by molar-refractivity contribution is -0.135. The van der Waals surface area contributed by atoms with E-state index in [9.17, 15) is 9.59 Å². The van der Waals surface area contributed by atoms with Crippen LogP contribution in [0.3, 0.4) is 0 Å². The molecule has 0 aromatic heterocycles. The Morgan fingerprint density at radius 3 is 2.58 bits per heavy atom. The van der Waals surface area contributed by atoms with Crippen LogP contribution in [0.25, 0.3) is 0 Å². The van der Waals surface area contributed by atoms with Crippen molar-refractivity contribution in [3.8, 4) is 5.75 Å². The number of aliphatic imine (C=N–C) groups is 1. The first-order valence-corrected chi connectivity index (χ1v) is 9.04. The number of hydrogen-bond donors (Lipinski definition) is 1. The van der Waals surface area contributed by atoms with Crippen molar-refractivity contribution >= 4 is 17.8 Å². The van der Waals surface area contributed by atoms with Crippen LogP contribution in [0.2, 0.25) is 0 Å². The third kappa shape index (κ3) is 3.98. The van der Waals surface area contributed by atoms with E-state index in [-0.39, 0.29) is 11.8 Å². The zero-order chi connectivity index (χ0) is 18.6. The minimum atomic E-state index is -0.702. The van der Waals surface area contributed by atoms with Crippen molar-refractivity contribution < 1.29 is 14.3 Å². The summed E-state index contributed by atoms with van der Waals surface area (Å²) >= 11 is 0. The maximum absolute atomic E-state index is 12.4. The number of hydrogen-bond acceptors (Lipinski definition) is 5. The molecule has 3 rings (SSSR count). The number of rotatable bonds is 5. The van der Waals surface area contributed by atoms with E-state index in [2.05, 4.69) is 10.3 Å². The van der Waals surface area contributed by atoms with Crippen LogP contribution >= 0.6 is 0 Å². The summed E-state index contributed by atoms with van der Waals surface area (Å²) in [7, 11) is 3.71. The fraction of sp³-hybridized carbons (Fsp3) is 0.526. The van der Waals surface area contributed by atoms with Crippen LogP contribution in [0.4, 0.5) is 0 Å². The zero-order valence-corrected chi connectivity index (χ0v) is 15.4. The molecule has 1 aromatic carbocycles. The van der Waals surface area contributed by atoms with Crippen molar-refractivity contribution in [3.63, 3.8) is 0 Å². The number of carbonyl (C=O) groups excluding carboxylic acids is 2. The number of para-hydroxylation sites is 1. The first-order valence-electron chi connectivity index (χ1n) is 9.04. The van der Waals surface area contributed by atoms with Crippen molar-refractivity contribution in [2.75, 3.05) is 33.8 Å². The van der Waals surface area contributed by atoms with Gasteiger partial charge in [-0.15, -0.1) is 0 Å². The number of nitrogens with one attached hydrogen (secondary N) is 1. The van der Waals surface area contributed by atoms with Gasteiger partial charge >= 0.3 is 0 Å². The Labute approximate surface area is 154 Å². The molecule has 26 heavy (non-hydrogen) atoms. The maximum atomic E-state index is 12.4. The Bertz CT molecular complexity index is 679. The van der Waals surface area contributed by atoms with E-state index in [0.717, 1.165) is 5.75 Å². The SMILES string of the molecule is CN(C)C1=NC2(CCN(C(=O)CCCOc3ccccc3)CC2)C(=O)N1. The molecule has 1 saturated heterocycles. The Balaban J connectivity index is 1.43. The third-order valence-electron chi connectivity index (χ3n) is 4.88. The predicted molar refractivity (Wildman–Crippen MR) is 99.0 cm³/mol. The van der Waals surface area contributed by atoms with Gasteiger partial charge in [-0.1, -0.05) is 18.2 Å². The highest BCUT2D eigenvalue weighted by Gasteiger charge is 2.46. The molecular weight excluding hydrogens is 332 g/mol. The molecule has 2 amide bonds. The van der Waals surface area contributed by atoms with Crippen molar-refractivity contribution in [1.29, 1.82) is 0 Å². The normalized spacial score (nSPS) is 18.5. The highest BCUT2D eigenvalue weighted by molar-refractivity contribution is 6.07. The summed E-state index contributed by atoms with van der Waals surface area (Å²) in [5.41, 5.74) is -0.702. The van der Waals surface area contributed by atoms with Crippen LogP contribution in [-0.4, -0.2) is 66.9 Å². The summed E-state index contributed by atoms with van der Waals surface area (Å²) in [6.45, 7) is 1.65. The number of piperidine rings is 1. The molecule has 2 aliphatic heterocycles. The highest BCUT2D eigenvalue weighted by atomic mass is 16.5. The Kier molecular flexibility index (Phi) is 5.44. The fourth-order valence-corrected chi connectivity index (χ4v) is 3.26. The molecule has 140 valence electrons. The maximum Gasteiger partial charge on any atom is 0.254 e. The van der Waals surface area contributed by atoms with Crippen LogP contribution in [-0.2, 0) is 9.59 Å². The van der Waals surface area contributed by atoms with E-state index in [1.54, 1.807) is 4.90 Å². The second kappa shape index (κ2) is 7.76. The van der Waals surface area contributed by atoms with Gasteiger partial charge in [0, 0.05) is 33.6 Å². The van der Waals surface area contributed by atoms with Crippen molar-refractivity contribution in [2.24, 2.45) is 4.99 Å². The predicted octanol–water partition coefficient (Wildman–Crippen LogP) is 1.25. The number of likely N-dealkylation sites (tertiary alicyclic amines) is 1. The molecule has 0 aliphatic carbocycles. The summed E-state index contributed by atoms with van der Waals surface area (Å²) in [6.07, 6.45) is 2.28. The van der Waals surface area contributed by atoms with Gasteiger partial charge in [0.2, 0.25) is 11.9 Å². The van der Waals surface area contributed by atoms with Crippen molar-refractivity contribution in [2.45, 2.75) is 31.2 Å². The number of nitrogens with zero attached hydrogens (tertiary/aromatic N) is 3. The van der Waals surface area contributed by atoms with Gasteiger partial charge in [-0.3, -0.25) is 14.9 Å². The molecule has 0 bridgehead atoms. The van der Waals surface area contributed by atoms with Gasteiger partial charge < -0.3 is 14.5 Å². The van der Waals surface area contributed by atoms with E-state index in [0.29, 0.717) is 51.3 Å². The number of guanidine groups is 1. The quantitative estimate of drug-likeness (QED) is 0.804. The van der Waals surface area contributed by atoms with E-state index in [1.165, 1.54) is 0 Å². The molecule has 7 nitrogen and oxygen atoms in total. The largest absolute Gasteiger partial charge is 0.494 e. The lowest BCUT2D eigenvalue weighted by Crippen LogP contribution is -2.50. The topological polar surface area (TPSA) is 74.2 Å². The molecule has 1 N–H and O–H groups in total. The smallest absolute Gasteiger partial charge is 0.254 e. The van der Waals surface area contributed by atoms with Gasteiger partial charge in [0.1, 0.15) is 11.3 Å². The lowest BCUT2D eigenvalue weighted by atomic mass is 9.88. The molecule has 1 aromatic rings. The molecule has 0 unspecified atom stereocenters. The van der Waals surface area contributed by atoms with E-state index in [4.69, 9.17) is 4.74 Å². The molecule has 1 fully saturated rings. The Hall–Kier alpha value is -2.57. The fourth-order valence-electron chi connectivity index (χ4n) is 3.26. The average molecular weight is 358 g/mol. The van der Waals surface area contributed by atoms with E-state index >= 15 is 0 Å². The van der Waals surface area contributed by atoms with Crippen molar-refractivity contribution in [3.05, 3.63) is 30.3 Å². The van der Waals surface area contributed by atoms with Gasteiger partial charge in [-0.2, -0.15) is 0 Å². The standard InChI is InChI=1S/C19H26N4O3/c1-22(2)18-20-17(25)19(21-18)10-12-23(13-11-19)16(24)9-6-14-26-15-7-4-3-5-8-15/h3-5,7-8H,6,9-14H2,1-2H3,(H,20,21,25). The Morgan fingerprint density at radius 2 is 1.96 bits per heavy atom. The highest BCUT2D eigenvalue weighted by Crippen LogP contribution is 2.30. The summed E-state index contributed by atoms with van der Waals surface area (Å²) < 4.78 is 5.62. The lowest BCUT2D eigenvalue weighted by Gasteiger charge is -2.35. The van der Waals surface area contributed by atoms with Crippen LogP contribution in [0, 0.1) is 0 Å². The average Bonchev–Trinajstić information content (AvgIpc) is 2.97. The minimum absolute atomic E-state index is 0.0513. The summed E-state index contributed by atoms with van der Waals surface area (Å²) in [6, 6.07) is 9.60. The number of benzene rings is 1. The molecular formula is C19H26N4O3. The monoisotopic (exact) mass is 358 g/mol. The van der Waals surface area contributed by atoms with Crippen LogP contribution < -0.4 is 10.1 Å². The van der Waals surface area contributed by atoms with Gasteiger partial charge in [0.15, 0.2) is 0 Å². The molecule has 2 heterocycles. The van der Waals surface area contributed by atoms with Gasteiger partial charge in [0.05, 0.1) is 6.61 Å².